The molecule has 0 spiro atoms. The third-order valence-electron chi connectivity index (χ3n) is 2.58. The van der Waals surface area contributed by atoms with Crippen LogP contribution in [0, 0.1) is 5.82 Å². The van der Waals surface area contributed by atoms with Gasteiger partial charge in [0.1, 0.15) is 5.82 Å². The van der Waals surface area contributed by atoms with Gasteiger partial charge in [0.25, 0.3) is 11.7 Å². The highest BCUT2D eigenvalue weighted by Crippen LogP contribution is 2.26. The van der Waals surface area contributed by atoms with Gasteiger partial charge >= 0.3 is 0 Å². The Bertz CT molecular complexity index is 647. The van der Waals surface area contributed by atoms with Crippen molar-refractivity contribution in [2.75, 3.05) is 11.1 Å². The number of alkyl halides is 2. The molecule has 0 saturated carbocycles. The summed E-state index contributed by atoms with van der Waals surface area (Å²) in [6.45, 7) is 0. The lowest BCUT2D eigenvalue weighted by molar-refractivity contribution is 0.102. The number of halogens is 3. The Balaban J connectivity index is 2.08. The van der Waals surface area contributed by atoms with Gasteiger partial charge in [-0.15, -0.1) is 0 Å². The van der Waals surface area contributed by atoms with E-state index in [2.05, 4.69) is 5.32 Å². The molecule has 0 aliphatic heterocycles. The van der Waals surface area contributed by atoms with Crippen molar-refractivity contribution < 1.29 is 18.0 Å². The topological polar surface area (TPSA) is 55.1 Å². The van der Waals surface area contributed by atoms with Gasteiger partial charge in [-0.25, -0.2) is 4.39 Å². The molecule has 7 heteroatoms. The van der Waals surface area contributed by atoms with Crippen LogP contribution < -0.4 is 11.1 Å². The summed E-state index contributed by atoms with van der Waals surface area (Å²) in [6.07, 6.45) is 0. The van der Waals surface area contributed by atoms with E-state index in [4.69, 9.17) is 5.73 Å². The van der Waals surface area contributed by atoms with Gasteiger partial charge in [0.15, 0.2) is 0 Å². The third-order valence-corrected chi connectivity index (χ3v) is 3.30. The molecule has 0 aromatic heterocycles. The van der Waals surface area contributed by atoms with Gasteiger partial charge in [-0.1, -0.05) is 11.8 Å². The van der Waals surface area contributed by atoms with E-state index in [0.29, 0.717) is 22.3 Å². The maximum absolute atomic E-state index is 13.6. The quantitative estimate of drug-likeness (QED) is 0.663. The number of rotatable bonds is 4. The van der Waals surface area contributed by atoms with E-state index in [1.807, 2.05) is 0 Å². The van der Waals surface area contributed by atoms with Crippen LogP contribution in [0.2, 0.25) is 0 Å². The average Bonchev–Trinajstić information content (AvgIpc) is 2.40. The minimum atomic E-state index is -2.51. The van der Waals surface area contributed by atoms with Crippen LogP contribution in [0.1, 0.15) is 10.4 Å². The normalized spacial score (nSPS) is 10.7. The Morgan fingerprint density at radius 1 is 1.14 bits per heavy atom. The van der Waals surface area contributed by atoms with E-state index in [-0.39, 0.29) is 11.3 Å². The summed E-state index contributed by atoms with van der Waals surface area (Å²) in [5, 5.41) is 2.48. The summed E-state index contributed by atoms with van der Waals surface area (Å²) >= 11 is 0.407. The number of thioether (sulfide) groups is 1. The number of nitrogens with one attached hydrogen (secondary N) is 1. The molecule has 0 fully saturated rings. The van der Waals surface area contributed by atoms with E-state index in [1.165, 1.54) is 36.4 Å². The summed E-state index contributed by atoms with van der Waals surface area (Å²) in [5.74, 6) is -3.87. The van der Waals surface area contributed by atoms with E-state index < -0.39 is 17.5 Å². The molecule has 3 nitrogen and oxygen atoms in total. The van der Waals surface area contributed by atoms with Crippen LogP contribution in [0.3, 0.4) is 0 Å². The minimum Gasteiger partial charge on any atom is -0.399 e. The summed E-state index contributed by atoms with van der Waals surface area (Å²) in [4.78, 5) is 12.3. The fraction of sp³-hybridized carbons (Fsp3) is 0.0714. The Kier molecular flexibility index (Phi) is 4.74. The van der Waals surface area contributed by atoms with E-state index in [9.17, 15) is 18.0 Å². The molecule has 0 aliphatic carbocycles. The summed E-state index contributed by atoms with van der Waals surface area (Å²) in [6, 6.07) is 9.59. The number of hydrogen-bond donors (Lipinski definition) is 2. The Morgan fingerprint density at radius 2 is 1.81 bits per heavy atom. The van der Waals surface area contributed by atoms with Crippen LogP contribution in [0.15, 0.2) is 47.4 Å². The number of carbonyl (C=O) groups excluding carboxylic acids is 1. The maximum Gasteiger partial charge on any atom is 0.288 e. The smallest absolute Gasteiger partial charge is 0.288 e. The van der Waals surface area contributed by atoms with Crippen molar-refractivity contribution in [2.45, 2.75) is 10.7 Å². The number of nitrogens with two attached hydrogens (primary N) is 1. The summed E-state index contributed by atoms with van der Waals surface area (Å²) in [7, 11) is 0. The van der Waals surface area contributed by atoms with Gasteiger partial charge in [0, 0.05) is 16.3 Å². The largest absolute Gasteiger partial charge is 0.399 e. The second-order valence-corrected chi connectivity index (χ2v) is 5.16. The van der Waals surface area contributed by atoms with Crippen LogP contribution >= 0.6 is 11.8 Å². The van der Waals surface area contributed by atoms with Gasteiger partial charge in [-0.05, 0) is 42.5 Å². The van der Waals surface area contributed by atoms with Crippen LogP contribution in [0.5, 0.6) is 0 Å². The number of anilines is 2. The van der Waals surface area contributed by atoms with Crippen molar-refractivity contribution in [3.8, 4) is 0 Å². The monoisotopic (exact) mass is 312 g/mol. The number of carbonyl (C=O) groups is 1. The first-order valence-corrected chi connectivity index (χ1v) is 6.75. The first kappa shape index (κ1) is 15.2. The highest BCUT2D eigenvalue weighted by molar-refractivity contribution is 7.99. The van der Waals surface area contributed by atoms with E-state index in [0.717, 1.165) is 6.07 Å². The average molecular weight is 312 g/mol. The van der Waals surface area contributed by atoms with Crippen molar-refractivity contribution in [3.63, 3.8) is 0 Å². The predicted molar refractivity (Wildman–Crippen MR) is 77.1 cm³/mol. The van der Waals surface area contributed by atoms with E-state index >= 15 is 0 Å². The molecule has 1 amide bonds. The molecular formula is C14H11F3N2OS. The molecule has 0 unspecified atom stereocenters. The first-order chi connectivity index (χ1) is 9.95. The van der Waals surface area contributed by atoms with Gasteiger partial charge in [0.05, 0.1) is 5.56 Å². The lowest BCUT2D eigenvalue weighted by Gasteiger charge is -2.07. The molecule has 2 aromatic rings. The summed E-state index contributed by atoms with van der Waals surface area (Å²) in [5.41, 5.74) is 5.86. The molecule has 0 saturated heterocycles. The number of hydrogen-bond acceptors (Lipinski definition) is 3. The Morgan fingerprint density at radius 3 is 2.38 bits per heavy atom. The molecule has 0 aliphatic rings. The maximum atomic E-state index is 13.6. The van der Waals surface area contributed by atoms with Crippen molar-refractivity contribution in [2.24, 2.45) is 0 Å². The lowest BCUT2D eigenvalue weighted by Crippen LogP contribution is -2.13. The molecule has 2 aromatic carbocycles. The van der Waals surface area contributed by atoms with Crippen LogP contribution in [0.25, 0.3) is 0 Å². The highest BCUT2D eigenvalue weighted by Gasteiger charge is 2.12. The van der Waals surface area contributed by atoms with E-state index in [1.54, 1.807) is 0 Å². The zero-order chi connectivity index (χ0) is 15.4. The van der Waals surface area contributed by atoms with Crippen LogP contribution in [-0.4, -0.2) is 11.7 Å². The highest BCUT2D eigenvalue weighted by atomic mass is 32.2. The zero-order valence-corrected chi connectivity index (χ0v) is 11.5. The van der Waals surface area contributed by atoms with Crippen molar-refractivity contribution in [3.05, 3.63) is 53.8 Å². The van der Waals surface area contributed by atoms with Crippen LogP contribution in [-0.2, 0) is 0 Å². The standard InChI is InChI=1S/C14H11F3N2OS/c15-12-7-8(18)1-6-11(12)13(20)19-9-2-4-10(5-3-9)21-14(16)17/h1-7,14H,18H2,(H,19,20). The number of benzene rings is 2. The number of amides is 1. The second-order valence-electron chi connectivity index (χ2n) is 4.10. The molecule has 21 heavy (non-hydrogen) atoms. The fourth-order valence-corrected chi connectivity index (χ4v) is 2.13. The number of nitrogen functional groups attached to an aromatic ring is 1. The molecule has 2 rings (SSSR count). The third kappa shape index (κ3) is 4.16. The molecule has 110 valence electrons. The van der Waals surface area contributed by atoms with Crippen molar-refractivity contribution >= 4 is 29.0 Å². The molecule has 3 N–H and O–H groups in total. The molecular weight excluding hydrogens is 301 g/mol. The van der Waals surface area contributed by atoms with Crippen molar-refractivity contribution in [1.82, 2.24) is 0 Å². The molecule has 0 bridgehead atoms. The Labute approximate surface area is 123 Å². The van der Waals surface area contributed by atoms with Gasteiger partial charge < -0.3 is 11.1 Å². The van der Waals surface area contributed by atoms with Crippen molar-refractivity contribution in [1.29, 1.82) is 0 Å². The zero-order valence-electron chi connectivity index (χ0n) is 10.6. The lowest BCUT2D eigenvalue weighted by atomic mass is 10.1. The summed E-state index contributed by atoms with van der Waals surface area (Å²) < 4.78 is 37.9. The second kappa shape index (κ2) is 6.53. The molecule has 0 radical (unpaired) electrons. The molecule has 0 atom stereocenters. The van der Waals surface area contributed by atoms with Gasteiger partial charge in [-0.3, -0.25) is 4.79 Å². The van der Waals surface area contributed by atoms with Crippen LogP contribution in [0.4, 0.5) is 24.5 Å². The first-order valence-electron chi connectivity index (χ1n) is 5.87. The van der Waals surface area contributed by atoms with Gasteiger partial charge in [-0.2, -0.15) is 8.78 Å². The predicted octanol–water partition coefficient (Wildman–Crippen LogP) is 3.97. The SMILES string of the molecule is Nc1ccc(C(=O)Nc2ccc(SC(F)F)cc2)c(F)c1. The minimum absolute atomic E-state index is 0.143. The Hall–Kier alpha value is -2.15. The van der Waals surface area contributed by atoms with Gasteiger partial charge in [0.2, 0.25) is 0 Å². The fourth-order valence-electron chi connectivity index (χ4n) is 1.63. The molecule has 0 heterocycles.